The first kappa shape index (κ1) is 12.3. The van der Waals surface area contributed by atoms with E-state index in [-0.39, 0.29) is 0 Å². The fourth-order valence-corrected chi connectivity index (χ4v) is 1.98. The fraction of sp³-hybridized carbons (Fsp3) is 0.133. The third-order valence-corrected chi connectivity index (χ3v) is 2.99. The van der Waals surface area contributed by atoms with Gasteiger partial charge in [-0.1, -0.05) is 29.4 Å². The van der Waals surface area contributed by atoms with Crippen molar-refractivity contribution in [2.75, 3.05) is 5.73 Å². The predicted molar refractivity (Wildman–Crippen MR) is 75.0 cm³/mol. The van der Waals surface area contributed by atoms with Crippen LogP contribution in [0, 0.1) is 0 Å². The van der Waals surface area contributed by atoms with Crippen LogP contribution < -0.4 is 5.73 Å². The molecule has 0 atom stereocenters. The van der Waals surface area contributed by atoms with Crippen LogP contribution in [0.15, 0.2) is 53.3 Å². The molecule has 5 heteroatoms. The van der Waals surface area contributed by atoms with Gasteiger partial charge >= 0.3 is 0 Å². The molecule has 0 bridgehead atoms. The zero-order valence-electron chi connectivity index (χ0n) is 10.9. The van der Waals surface area contributed by atoms with Crippen molar-refractivity contribution < 1.29 is 4.52 Å². The third kappa shape index (κ3) is 2.83. The maximum absolute atomic E-state index is 5.90. The molecule has 0 saturated carbocycles. The molecule has 0 aliphatic carbocycles. The van der Waals surface area contributed by atoms with E-state index in [0.717, 1.165) is 16.8 Å². The number of benzene rings is 1. The van der Waals surface area contributed by atoms with Crippen molar-refractivity contribution in [1.82, 2.24) is 15.1 Å². The van der Waals surface area contributed by atoms with E-state index in [4.69, 9.17) is 10.3 Å². The molecule has 5 nitrogen and oxygen atoms in total. The van der Waals surface area contributed by atoms with Gasteiger partial charge < -0.3 is 10.3 Å². The van der Waals surface area contributed by atoms with Crippen molar-refractivity contribution in [2.45, 2.75) is 12.8 Å². The Bertz CT molecular complexity index is 694. The zero-order valence-corrected chi connectivity index (χ0v) is 10.9. The Labute approximate surface area is 116 Å². The molecule has 0 fully saturated rings. The van der Waals surface area contributed by atoms with Crippen LogP contribution in [-0.2, 0) is 12.8 Å². The number of hydrogen-bond acceptors (Lipinski definition) is 5. The van der Waals surface area contributed by atoms with Crippen LogP contribution in [0.25, 0.3) is 0 Å². The van der Waals surface area contributed by atoms with E-state index in [9.17, 15) is 0 Å². The van der Waals surface area contributed by atoms with Gasteiger partial charge in [0.05, 0.1) is 6.42 Å². The summed E-state index contributed by atoms with van der Waals surface area (Å²) >= 11 is 0. The van der Waals surface area contributed by atoms with Crippen LogP contribution in [0.4, 0.5) is 5.69 Å². The predicted octanol–water partition coefficient (Wildman–Crippen LogP) is 2.23. The summed E-state index contributed by atoms with van der Waals surface area (Å²) in [7, 11) is 0. The molecule has 2 N–H and O–H groups in total. The number of nitrogens with zero attached hydrogens (tertiary/aromatic N) is 3. The van der Waals surface area contributed by atoms with Gasteiger partial charge in [0.2, 0.25) is 5.89 Å². The number of nitrogens with two attached hydrogens (primary N) is 1. The van der Waals surface area contributed by atoms with Crippen molar-refractivity contribution in [3.63, 3.8) is 0 Å². The fourth-order valence-electron chi connectivity index (χ4n) is 1.98. The van der Waals surface area contributed by atoms with Gasteiger partial charge in [0.15, 0.2) is 5.82 Å². The second kappa shape index (κ2) is 5.52. The van der Waals surface area contributed by atoms with E-state index < -0.39 is 0 Å². The van der Waals surface area contributed by atoms with Gasteiger partial charge in [0.25, 0.3) is 0 Å². The van der Waals surface area contributed by atoms with Crippen LogP contribution in [0.1, 0.15) is 22.8 Å². The number of para-hydroxylation sites is 1. The molecule has 0 aliphatic heterocycles. The Hall–Kier alpha value is -2.69. The highest BCUT2D eigenvalue weighted by Crippen LogP contribution is 2.15. The number of pyridine rings is 1. The van der Waals surface area contributed by atoms with Gasteiger partial charge in [-0.3, -0.25) is 4.98 Å². The molecular weight excluding hydrogens is 252 g/mol. The average Bonchev–Trinajstić information content (AvgIpc) is 2.90. The topological polar surface area (TPSA) is 77.8 Å². The minimum Gasteiger partial charge on any atom is -0.398 e. The number of anilines is 1. The summed E-state index contributed by atoms with van der Waals surface area (Å²) in [5.41, 5.74) is 8.68. The minimum atomic E-state index is 0.548. The molecular formula is C15H14N4O. The summed E-state index contributed by atoms with van der Waals surface area (Å²) in [5.74, 6) is 1.23. The molecule has 0 unspecified atom stereocenters. The highest BCUT2D eigenvalue weighted by atomic mass is 16.5. The number of hydrogen-bond donors (Lipinski definition) is 1. The Balaban J connectivity index is 1.73. The van der Waals surface area contributed by atoms with Gasteiger partial charge in [0, 0.05) is 24.5 Å². The Morgan fingerprint density at radius 2 is 1.95 bits per heavy atom. The molecule has 3 aromatic rings. The van der Waals surface area contributed by atoms with Crippen molar-refractivity contribution in [3.05, 3.63) is 71.6 Å². The van der Waals surface area contributed by atoms with E-state index >= 15 is 0 Å². The van der Waals surface area contributed by atoms with Gasteiger partial charge in [-0.25, -0.2) is 0 Å². The number of aromatic nitrogens is 3. The van der Waals surface area contributed by atoms with Crippen LogP contribution in [-0.4, -0.2) is 15.1 Å². The molecule has 1 aromatic carbocycles. The zero-order chi connectivity index (χ0) is 13.8. The lowest BCUT2D eigenvalue weighted by molar-refractivity contribution is 0.380. The molecule has 0 spiro atoms. The van der Waals surface area contributed by atoms with Crippen molar-refractivity contribution in [3.8, 4) is 0 Å². The first-order valence-electron chi connectivity index (χ1n) is 6.35. The first-order valence-corrected chi connectivity index (χ1v) is 6.35. The SMILES string of the molecule is Nc1ccccc1Cc1nc(Cc2cccnc2)no1. The Kier molecular flexibility index (Phi) is 3.41. The van der Waals surface area contributed by atoms with Crippen molar-refractivity contribution in [1.29, 1.82) is 0 Å². The molecule has 100 valence electrons. The Morgan fingerprint density at radius 1 is 1.05 bits per heavy atom. The summed E-state index contributed by atoms with van der Waals surface area (Å²) in [4.78, 5) is 8.45. The summed E-state index contributed by atoms with van der Waals surface area (Å²) in [6.45, 7) is 0. The first-order chi connectivity index (χ1) is 9.81. The van der Waals surface area contributed by atoms with Crippen LogP contribution in [0.3, 0.4) is 0 Å². The molecule has 0 aliphatic rings. The lowest BCUT2D eigenvalue weighted by Gasteiger charge is -2.00. The summed E-state index contributed by atoms with van der Waals surface area (Å²) in [6.07, 6.45) is 4.70. The normalized spacial score (nSPS) is 10.6. The highest BCUT2D eigenvalue weighted by Gasteiger charge is 2.09. The van der Waals surface area contributed by atoms with Gasteiger partial charge in [-0.15, -0.1) is 0 Å². The summed E-state index contributed by atoms with van der Waals surface area (Å²) in [6, 6.07) is 11.5. The molecule has 0 radical (unpaired) electrons. The van der Waals surface area contributed by atoms with E-state index in [2.05, 4.69) is 15.1 Å². The maximum Gasteiger partial charge on any atom is 0.231 e. The van der Waals surface area contributed by atoms with Crippen LogP contribution >= 0.6 is 0 Å². The summed E-state index contributed by atoms with van der Waals surface area (Å²) in [5, 5.41) is 3.98. The van der Waals surface area contributed by atoms with Crippen LogP contribution in [0.5, 0.6) is 0 Å². The monoisotopic (exact) mass is 266 g/mol. The second-order valence-corrected chi connectivity index (χ2v) is 4.52. The van der Waals surface area contributed by atoms with E-state index in [1.807, 2.05) is 36.4 Å². The number of rotatable bonds is 4. The van der Waals surface area contributed by atoms with Gasteiger partial charge in [-0.2, -0.15) is 4.98 Å². The quantitative estimate of drug-likeness (QED) is 0.733. The molecule has 2 heterocycles. The van der Waals surface area contributed by atoms with Crippen molar-refractivity contribution in [2.24, 2.45) is 0 Å². The largest absolute Gasteiger partial charge is 0.398 e. The van der Waals surface area contributed by atoms with E-state index in [1.165, 1.54) is 0 Å². The van der Waals surface area contributed by atoms with E-state index in [1.54, 1.807) is 12.4 Å². The van der Waals surface area contributed by atoms with Gasteiger partial charge in [-0.05, 0) is 23.3 Å². The molecule has 0 amide bonds. The standard InChI is InChI=1S/C15H14N4O/c16-13-6-2-1-5-12(13)9-15-18-14(19-20-15)8-11-4-3-7-17-10-11/h1-7,10H,8-9,16H2. The number of nitrogen functional groups attached to an aromatic ring is 1. The third-order valence-electron chi connectivity index (χ3n) is 2.99. The lowest BCUT2D eigenvalue weighted by atomic mass is 10.1. The average molecular weight is 266 g/mol. The molecule has 20 heavy (non-hydrogen) atoms. The molecule has 3 rings (SSSR count). The second-order valence-electron chi connectivity index (χ2n) is 4.52. The van der Waals surface area contributed by atoms with E-state index in [0.29, 0.717) is 24.6 Å². The highest BCUT2D eigenvalue weighted by molar-refractivity contribution is 5.47. The minimum absolute atomic E-state index is 0.548. The van der Waals surface area contributed by atoms with Gasteiger partial charge in [0.1, 0.15) is 0 Å². The lowest BCUT2D eigenvalue weighted by Crippen LogP contribution is -1.96. The summed E-state index contributed by atoms with van der Waals surface area (Å²) < 4.78 is 5.26. The van der Waals surface area contributed by atoms with Crippen LogP contribution in [0.2, 0.25) is 0 Å². The maximum atomic E-state index is 5.90. The van der Waals surface area contributed by atoms with Crippen molar-refractivity contribution >= 4 is 5.69 Å². The Morgan fingerprint density at radius 3 is 2.75 bits per heavy atom. The molecule has 2 aromatic heterocycles. The smallest absolute Gasteiger partial charge is 0.231 e. The molecule has 0 saturated heterocycles.